The van der Waals surface area contributed by atoms with E-state index in [0.717, 1.165) is 10.2 Å². The minimum absolute atomic E-state index is 0.0658. The highest BCUT2D eigenvalue weighted by Gasteiger charge is 2.20. The molecule has 0 bridgehead atoms. The predicted octanol–water partition coefficient (Wildman–Crippen LogP) is 2.49. The first kappa shape index (κ1) is 20.5. The summed E-state index contributed by atoms with van der Waals surface area (Å²) in [5, 5.41) is 17.6. The number of rotatable bonds is 5. The average Bonchev–Trinajstić information content (AvgIpc) is 2.75. The maximum Gasteiger partial charge on any atom is 0.292 e. The maximum atomic E-state index is 12.7. The first-order valence-corrected chi connectivity index (χ1v) is 9.03. The molecule has 2 aromatic carbocycles. The van der Waals surface area contributed by atoms with Gasteiger partial charge in [-0.2, -0.15) is 20.1 Å². The molecule has 30 heavy (non-hydrogen) atoms. The third-order valence-electron chi connectivity index (χ3n) is 4.45. The minimum atomic E-state index is -0.643. The van der Waals surface area contributed by atoms with E-state index in [1.807, 2.05) is 37.3 Å². The van der Waals surface area contributed by atoms with E-state index in [0.29, 0.717) is 17.0 Å². The van der Waals surface area contributed by atoms with Crippen molar-refractivity contribution in [3.05, 3.63) is 86.8 Å². The summed E-state index contributed by atoms with van der Waals surface area (Å²) in [6, 6.07) is 16.1. The number of amides is 1. The van der Waals surface area contributed by atoms with Crippen molar-refractivity contribution in [2.75, 3.05) is 7.11 Å². The molecule has 0 saturated carbocycles. The number of aryl methyl sites for hydroxylation is 1. The monoisotopic (exact) mass is 401 g/mol. The van der Waals surface area contributed by atoms with Gasteiger partial charge in [-0.15, -0.1) is 0 Å². The Morgan fingerprint density at radius 2 is 1.90 bits per heavy atom. The summed E-state index contributed by atoms with van der Waals surface area (Å²) in [7, 11) is 1.54. The number of carbonyl (C=O) groups is 1. The number of carbonyl (C=O) groups excluding carboxylic acids is 1. The number of nitrogens with zero attached hydrogens (tertiary/aromatic N) is 4. The van der Waals surface area contributed by atoms with Crippen LogP contribution in [0.15, 0.2) is 58.4 Å². The molecule has 0 saturated heterocycles. The van der Waals surface area contributed by atoms with E-state index < -0.39 is 11.5 Å². The quantitative estimate of drug-likeness (QED) is 0.522. The number of hydrogen-bond donors (Lipinski definition) is 1. The largest absolute Gasteiger partial charge is 0.496 e. The second-order valence-corrected chi connectivity index (χ2v) is 6.45. The fourth-order valence-electron chi connectivity index (χ4n) is 2.80. The van der Waals surface area contributed by atoms with Crippen molar-refractivity contribution in [1.29, 1.82) is 5.26 Å². The zero-order valence-electron chi connectivity index (χ0n) is 16.7. The van der Waals surface area contributed by atoms with E-state index in [9.17, 15) is 14.9 Å². The number of ether oxygens (including phenoxy) is 1. The molecule has 0 aliphatic heterocycles. The lowest BCUT2D eigenvalue weighted by Gasteiger charge is -2.10. The van der Waals surface area contributed by atoms with Crippen molar-refractivity contribution in [3.8, 4) is 17.5 Å². The zero-order valence-corrected chi connectivity index (χ0v) is 16.7. The van der Waals surface area contributed by atoms with Gasteiger partial charge in [-0.1, -0.05) is 29.8 Å². The van der Waals surface area contributed by atoms with Gasteiger partial charge >= 0.3 is 0 Å². The minimum Gasteiger partial charge on any atom is -0.496 e. The number of nitrogens with one attached hydrogen (secondary N) is 1. The molecule has 1 heterocycles. The molecule has 3 rings (SSSR count). The van der Waals surface area contributed by atoms with Crippen molar-refractivity contribution < 1.29 is 9.53 Å². The summed E-state index contributed by atoms with van der Waals surface area (Å²) in [5.41, 5.74) is 3.90. The summed E-state index contributed by atoms with van der Waals surface area (Å²) in [4.78, 5) is 25.3. The topological polar surface area (TPSA) is 109 Å². The fraction of sp³-hybridized carbons (Fsp3) is 0.136. The van der Waals surface area contributed by atoms with Crippen LogP contribution < -0.4 is 15.7 Å². The molecular weight excluding hydrogens is 382 g/mol. The van der Waals surface area contributed by atoms with E-state index in [1.165, 1.54) is 20.2 Å². The molecule has 1 aromatic heterocycles. The molecule has 0 aliphatic carbocycles. The zero-order chi connectivity index (χ0) is 21.7. The number of benzene rings is 2. The van der Waals surface area contributed by atoms with Crippen molar-refractivity contribution in [1.82, 2.24) is 15.2 Å². The van der Waals surface area contributed by atoms with Crippen LogP contribution in [0, 0.1) is 25.2 Å². The van der Waals surface area contributed by atoms with Gasteiger partial charge < -0.3 is 4.74 Å². The van der Waals surface area contributed by atoms with Gasteiger partial charge in [0.2, 0.25) is 0 Å². The van der Waals surface area contributed by atoms with E-state index in [2.05, 4.69) is 15.6 Å². The normalized spacial score (nSPS) is 10.6. The Bertz CT molecular complexity index is 1220. The van der Waals surface area contributed by atoms with Crippen LogP contribution in [0.3, 0.4) is 0 Å². The predicted molar refractivity (Wildman–Crippen MR) is 112 cm³/mol. The van der Waals surface area contributed by atoms with E-state index >= 15 is 0 Å². The van der Waals surface area contributed by atoms with Gasteiger partial charge in [0, 0.05) is 11.1 Å². The Morgan fingerprint density at radius 3 is 2.57 bits per heavy atom. The second kappa shape index (κ2) is 8.84. The van der Waals surface area contributed by atoms with Crippen LogP contribution in [-0.2, 0) is 0 Å². The smallest absolute Gasteiger partial charge is 0.292 e. The molecule has 0 unspecified atom stereocenters. The average molecular weight is 401 g/mol. The molecule has 0 atom stereocenters. The third kappa shape index (κ3) is 4.10. The van der Waals surface area contributed by atoms with Crippen LogP contribution in [0.1, 0.15) is 32.7 Å². The Hall–Kier alpha value is -4.25. The van der Waals surface area contributed by atoms with Gasteiger partial charge in [-0.05, 0) is 38.1 Å². The van der Waals surface area contributed by atoms with Crippen molar-refractivity contribution in [2.24, 2.45) is 5.10 Å². The molecule has 8 nitrogen and oxygen atoms in total. The Balaban J connectivity index is 1.96. The van der Waals surface area contributed by atoms with Gasteiger partial charge in [0.05, 0.1) is 19.0 Å². The summed E-state index contributed by atoms with van der Waals surface area (Å²) in [5.74, 6) is -0.0412. The summed E-state index contributed by atoms with van der Waals surface area (Å²) >= 11 is 0. The molecule has 0 spiro atoms. The van der Waals surface area contributed by atoms with E-state index in [4.69, 9.17) is 4.74 Å². The molecule has 0 radical (unpaired) electrons. The standard InChI is InChI=1S/C22H19N5O3/c1-14-8-10-17(11-9-14)27-22(29)18(12-23)15(2)20(26-27)21(28)25-24-13-16-6-4-5-7-19(16)30-3/h4-11,13H,1-3H3,(H,25,28)/b24-13+. The van der Waals surface area contributed by atoms with Gasteiger partial charge in [0.25, 0.3) is 11.5 Å². The van der Waals surface area contributed by atoms with Crippen LogP contribution in [0.25, 0.3) is 5.69 Å². The van der Waals surface area contributed by atoms with Crippen LogP contribution in [0.5, 0.6) is 5.75 Å². The lowest BCUT2D eigenvalue weighted by Crippen LogP contribution is -2.31. The maximum absolute atomic E-state index is 12.7. The Morgan fingerprint density at radius 1 is 1.20 bits per heavy atom. The molecule has 1 N–H and O–H groups in total. The van der Waals surface area contributed by atoms with Crippen molar-refractivity contribution in [2.45, 2.75) is 13.8 Å². The van der Waals surface area contributed by atoms with Crippen LogP contribution in [0.2, 0.25) is 0 Å². The summed E-state index contributed by atoms with van der Waals surface area (Å²) < 4.78 is 6.28. The molecule has 3 aromatic rings. The number of methoxy groups -OCH3 is 1. The van der Waals surface area contributed by atoms with Gasteiger partial charge in [0.1, 0.15) is 17.4 Å². The fourth-order valence-corrected chi connectivity index (χ4v) is 2.80. The number of nitriles is 1. The highest BCUT2D eigenvalue weighted by atomic mass is 16.5. The second-order valence-electron chi connectivity index (χ2n) is 6.45. The lowest BCUT2D eigenvalue weighted by molar-refractivity contribution is 0.0947. The molecule has 1 amide bonds. The van der Waals surface area contributed by atoms with Crippen molar-refractivity contribution in [3.63, 3.8) is 0 Å². The molecule has 0 aliphatic rings. The number of hydrogen-bond acceptors (Lipinski definition) is 6. The van der Waals surface area contributed by atoms with E-state index in [-0.39, 0.29) is 16.8 Å². The van der Waals surface area contributed by atoms with Crippen LogP contribution >= 0.6 is 0 Å². The number of aromatic nitrogens is 2. The first-order chi connectivity index (χ1) is 14.5. The molecule has 0 fully saturated rings. The molecular formula is C22H19N5O3. The highest BCUT2D eigenvalue weighted by Crippen LogP contribution is 2.15. The number of para-hydroxylation sites is 1. The molecule has 8 heteroatoms. The van der Waals surface area contributed by atoms with Crippen LogP contribution in [-0.4, -0.2) is 29.0 Å². The highest BCUT2D eigenvalue weighted by molar-refractivity contribution is 5.95. The summed E-state index contributed by atoms with van der Waals surface area (Å²) in [6.45, 7) is 3.42. The summed E-state index contributed by atoms with van der Waals surface area (Å²) in [6.07, 6.45) is 1.44. The van der Waals surface area contributed by atoms with Crippen molar-refractivity contribution >= 4 is 12.1 Å². The van der Waals surface area contributed by atoms with Crippen LogP contribution in [0.4, 0.5) is 0 Å². The lowest BCUT2D eigenvalue weighted by atomic mass is 10.1. The van der Waals surface area contributed by atoms with Gasteiger partial charge in [-0.3, -0.25) is 9.59 Å². The SMILES string of the molecule is COc1ccccc1/C=N/NC(=O)c1nn(-c2ccc(C)cc2)c(=O)c(C#N)c1C. The van der Waals surface area contributed by atoms with Gasteiger partial charge in [0.15, 0.2) is 5.69 Å². The van der Waals surface area contributed by atoms with Gasteiger partial charge in [-0.25, -0.2) is 5.43 Å². The number of hydrazone groups is 1. The van der Waals surface area contributed by atoms with E-state index in [1.54, 1.807) is 24.3 Å². The first-order valence-electron chi connectivity index (χ1n) is 9.03. The molecule has 150 valence electrons. The third-order valence-corrected chi connectivity index (χ3v) is 4.45. The Kier molecular flexibility index (Phi) is 6.03. The Labute approximate surface area is 173 Å².